The number of aliphatic hydroxyl groups is 1. The first kappa shape index (κ1) is 13.9. The molecular weight excluding hydrogens is 218 g/mol. The van der Waals surface area contributed by atoms with Crippen LogP contribution < -0.4 is 10.9 Å². The van der Waals surface area contributed by atoms with Gasteiger partial charge in [-0.3, -0.25) is 9.36 Å². The quantitative estimate of drug-likeness (QED) is 0.771. The summed E-state index contributed by atoms with van der Waals surface area (Å²) in [5, 5.41) is 12.9. The standard InChI is InChI=1S/C12H21N3O2/c1-8(2)13-6-11(16)7-15-10(4)14-9(3)5-12(15)17/h5,8,11,13,16H,6-7H2,1-4H3. The van der Waals surface area contributed by atoms with E-state index in [1.165, 1.54) is 10.6 Å². The predicted molar refractivity (Wildman–Crippen MR) is 67.1 cm³/mol. The van der Waals surface area contributed by atoms with Crippen LogP contribution in [0.1, 0.15) is 25.4 Å². The van der Waals surface area contributed by atoms with E-state index in [0.717, 1.165) is 0 Å². The maximum atomic E-state index is 11.7. The molecule has 0 saturated heterocycles. The van der Waals surface area contributed by atoms with Crippen LogP contribution in [0.4, 0.5) is 0 Å². The molecule has 0 amide bonds. The fourth-order valence-corrected chi connectivity index (χ4v) is 1.63. The molecule has 0 bridgehead atoms. The van der Waals surface area contributed by atoms with Gasteiger partial charge in [0, 0.05) is 24.3 Å². The molecule has 1 unspecified atom stereocenters. The summed E-state index contributed by atoms with van der Waals surface area (Å²) in [6.45, 7) is 8.33. The molecule has 96 valence electrons. The van der Waals surface area contributed by atoms with E-state index in [1.807, 2.05) is 13.8 Å². The highest BCUT2D eigenvalue weighted by atomic mass is 16.3. The molecule has 1 aromatic rings. The third-order valence-electron chi connectivity index (χ3n) is 2.48. The molecule has 1 atom stereocenters. The van der Waals surface area contributed by atoms with Crippen molar-refractivity contribution >= 4 is 0 Å². The molecule has 0 aliphatic carbocycles. The van der Waals surface area contributed by atoms with Crippen molar-refractivity contribution in [2.75, 3.05) is 6.54 Å². The van der Waals surface area contributed by atoms with Gasteiger partial charge in [0.25, 0.3) is 5.56 Å². The van der Waals surface area contributed by atoms with Gasteiger partial charge >= 0.3 is 0 Å². The molecule has 0 aliphatic rings. The Bertz CT molecular complexity index is 426. The molecule has 1 rings (SSSR count). The number of hydrogen-bond donors (Lipinski definition) is 2. The van der Waals surface area contributed by atoms with Crippen molar-refractivity contribution < 1.29 is 5.11 Å². The zero-order valence-corrected chi connectivity index (χ0v) is 10.9. The number of nitrogens with one attached hydrogen (secondary N) is 1. The van der Waals surface area contributed by atoms with Crippen LogP contribution in [0, 0.1) is 13.8 Å². The first-order chi connectivity index (χ1) is 7.90. The number of aryl methyl sites for hydroxylation is 2. The first-order valence-corrected chi connectivity index (χ1v) is 5.86. The van der Waals surface area contributed by atoms with Crippen molar-refractivity contribution in [3.8, 4) is 0 Å². The van der Waals surface area contributed by atoms with Gasteiger partial charge in [0.2, 0.25) is 0 Å². The number of aliphatic hydroxyl groups excluding tert-OH is 1. The summed E-state index contributed by atoms with van der Waals surface area (Å²) in [5.74, 6) is 0.638. The molecular formula is C12H21N3O2. The molecule has 0 aliphatic heterocycles. The summed E-state index contributed by atoms with van der Waals surface area (Å²) < 4.78 is 1.50. The van der Waals surface area contributed by atoms with Crippen molar-refractivity contribution in [2.24, 2.45) is 0 Å². The zero-order chi connectivity index (χ0) is 13.0. The monoisotopic (exact) mass is 239 g/mol. The van der Waals surface area contributed by atoms with Crippen molar-refractivity contribution in [2.45, 2.75) is 46.4 Å². The van der Waals surface area contributed by atoms with Crippen molar-refractivity contribution in [3.05, 3.63) is 27.9 Å². The summed E-state index contributed by atoms with van der Waals surface area (Å²) in [6, 6.07) is 1.80. The fourth-order valence-electron chi connectivity index (χ4n) is 1.63. The van der Waals surface area contributed by atoms with E-state index in [4.69, 9.17) is 0 Å². The highest BCUT2D eigenvalue weighted by Gasteiger charge is 2.09. The minimum atomic E-state index is -0.585. The second-order valence-corrected chi connectivity index (χ2v) is 4.61. The molecule has 2 N–H and O–H groups in total. The summed E-state index contributed by atoms with van der Waals surface area (Å²) in [6.07, 6.45) is -0.585. The van der Waals surface area contributed by atoms with Gasteiger partial charge in [-0.05, 0) is 13.8 Å². The lowest BCUT2D eigenvalue weighted by atomic mass is 10.3. The molecule has 0 radical (unpaired) electrons. The van der Waals surface area contributed by atoms with E-state index >= 15 is 0 Å². The smallest absolute Gasteiger partial charge is 0.253 e. The predicted octanol–water partition coefficient (Wildman–Crippen LogP) is 0.219. The third kappa shape index (κ3) is 4.28. The molecule has 0 spiro atoms. The maximum absolute atomic E-state index is 11.7. The Labute approximate surface area is 102 Å². The second-order valence-electron chi connectivity index (χ2n) is 4.61. The second kappa shape index (κ2) is 5.93. The SMILES string of the molecule is Cc1cc(=O)n(CC(O)CNC(C)C)c(C)n1. The van der Waals surface area contributed by atoms with E-state index in [2.05, 4.69) is 10.3 Å². The van der Waals surface area contributed by atoms with E-state index in [-0.39, 0.29) is 12.1 Å². The van der Waals surface area contributed by atoms with Crippen LogP contribution in [0.15, 0.2) is 10.9 Å². The average Bonchev–Trinajstić information content (AvgIpc) is 2.20. The average molecular weight is 239 g/mol. The Morgan fingerprint density at radius 1 is 1.47 bits per heavy atom. The minimum Gasteiger partial charge on any atom is -0.390 e. The van der Waals surface area contributed by atoms with E-state index in [9.17, 15) is 9.90 Å². The fraction of sp³-hybridized carbons (Fsp3) is 0.667. The van der Waals surface area contributed by atoms with Crippen molar-refractivity contribution in [1.29, 1.82) is 0 Å². The van der Waals surface area contributed by atoms with Crippen LogP contribution in [0.25, 0.3) is 0 Å². The minimum absolute atomic E-state index is 0.112. The van der Waals surface area contributed by atoms with Gasteiger partial charge in [0.05, 0.1) is 12.6 Å². The maximum Gasteiger partial charge on any atom is 0.253 e. The lowest BCUT2D eigenvalue weighted by Crippen LogP contribution is -2.37. The Kier molecular flexibility index (Phi) is 4.84. The van der Waals surface area contributed by atoms with Gasteiger partial charge in [-0.1, -0.05) is 13.8 Å². The highest BCUT2D eigenvalue weighted by Crippen LogP contribution is 1.96. The molecule has 1 heterocycles. The Morgan fingerprint density at radius 2 is 2.12 bits per heavy atom. The normalized spacial score (nSPS) is 13.1. The summed E-state index contributed by atoms with van der Waals surface area (Å²) in [5.41, 5.74) is 0.595. The van der Waals surface area contributed by atoms with E-state index in [0.29, 0.717) is 24.1 Å². The molecule has 0 aromatic carbocycles. The lowest BCUT2D eigenvalue weighted by Gasteiger charge is -2.16. The van der Waals surface area contributed by atoms with Gasteiger partial charge in [-0.15, -0.1) is 0 Å². The van der Waals surface area contributed by atoms with Gasteiger partial charge in [-0.25, -0.2) is 4.98 Å². The van der Waals surface area contributed by atoms with Gasteiger partial charge < -0.3 is 10.4 Å². The lowest BCUT2D eigenvalue weighted by molar-refractivity contribution is 0.146. The number of nitrogens with zero attached hydrogens (tertiary/aromatic N) is 2. The van der Waals surface area contributed by atoms with E-state index < -0.39 is 6.10 Å². The molecule has 5 heteroatoms. The molecule has 17 heavy (non-hydrogen) atoms. The topological polar surface area (TPSA) is 67.2 Å². The van der Waals surface area contributed by atoms with Crippen molar-refractivity contribution in [1.82, 2.24) is 14.9 Å². The number of rotatable bonds is 5. The van der Waals surface area contributed by atoms with Gasteiger partial charge in [0.1, 0.15) is 5.82 Å². The van der Waals surface area contributed by atoms with Crippen LogP contribution in [0.2, 0.25) is 0 Å². The van der Waals surface area contributed by atoms with Gasteiger partial charge in [0.15, 0.2) is 0 Å². The van der Waals surface area contributed by atoms with Crippen LogP contribution in [-0.2, 0) is 6.54 Å². The van der Waals surface area contributed by atoms with Crippen LogP contribution in [-0.4, -0.2) is 33.3 Å². The third-order valence-corrected chi connectivity index (χ3v) is 2.48. The number of hydrogen-bond acceptors (Lipinski definition) is 4. The number of aromatic nitrogens is 2. The van der Waals surface area contributed by atoms with Crippen LogP contribution in [0.5, 0.6) is 0 Å². The van der Waals surface area contributed by atoms with Gasteiger partial charge in [-0.2, -0.15) is 0 Å². The van der Waals surface area contributed by atoms with Crippen LogP contribution >= 0.6 is 0 Å². The zero-order valence-electron chi connectivity index (χ0n) is 10.9. The van der Waals surface area contributed by atoms with Crippen LogP contribution in [0.3, 0.4) is 0 Å². The molecule has 0 fully saturated rings. The highest BCUT2D eigenvalue weighted by molar-refractivity contribution is 5.01. The first-order valence-electron chi connectivity index (χ1n) is 5.86. The Balaban J connectivity index is 2.72. The van der Waals surface area contributed by atoms with Crippen molar-refractivity contribution in [3.63, 3.8) is 0 Å². The Morgan fingerprint density at radius 3 is 2.65 bits per heavy atom. The summed E-state index contributed by atoms with van der Waals surface area (Å²) in [4.78, 5) is 15.9. The van der Waals surface area contributed by atoms with E-state index in [1.54, 1.807) is 13.8 Å². The molecule has 5 nitrogen and oxygen atoms in total. The molecule has 1 aromatic heterocycles. The largest absolute Gasteiger partial charge is 0.390 e. The Hall–Kier alpha value is -1.20. The molecule has 0 saturated carbocycles. The summed E-state index contributed by atoms with van der Waals surface area (Å²) >= 11 is 0. The summed E-state index contributed by atoms with van der Waals surface area (Å²) in [7, 11) is 0.